The van der Waals surface area contributed by atoms with Crippen molar-refractivity contribution in [3.63, 3.8) is 0 Å². The van der Waals surface area contributed by atoms with Gasteiger partial charge in [0.25, 0.3) is 0 Å². The van der Waals surface area contributed by atoms with E-state index in [1.165, 1.54) is 4.31 Å². The molecule has 1 aromatic heterocycles. The molecule has 1 aromatic carbocycles. The van der Waals surface area contributed by atoms with Gasteiger partial charge >= 0.3 is 0 Å². The molecule has 0 saturated carbocycles. The van der Waals surface area contributed by atoms with E-state index in [1.54, 1.807) is 24.3 Å². The zero-order valence-corrected chi connectivity index (χ0v) is 17.1. The second-order valence-electron chi connectivity index (χ2n) is 6.24. The average Bonchev–Trinajstić information content (AvgIpc) is 2.70. The number of nitrogens with zero attached hydrogens (tertiary/aromatic N) is 5. The molecule has 27 heavy (non-hydrogen) atoms. The van der Waals surface area contributed by atoms with Gasteiger partial charge in [0.15, 0.2) is 11.6 Å². The summed E-state index contributed by atoms with van der Waals surface area (Å²) < 4.78 is 27.1. The summed E-state index contributed by atoms with van der Waals surface area (Å²) in [7, 11) is -3.59. The number of sulfonamides is 1. The van der Waals surface area contributed by atoms with Crippen LogP contribution in [0, 0.1) is 0 Å². The van der Waals surface area contributed by atoms with Gasteiger partial charge in [0, 0.05) is 39.3 Å². The summed E-state index contributed by atoms with van der Waals surface area (Å²) in [6.45, 7) is 7.80. The molecule has 0 unspecified atom stereocenters. The first-order valence-electron chi connectivity index (χ1n) is 9.05. The predicted octanol–water partition coefficient (Wildman–Crippen LogP) is 2.49. The maximum absolute atomic E-state index is 12.8. The molecule has 9 heteroatoms. The Kier molecular flexibility index (Phi) is 6.18. The van der Waals surface area contributed by atoms with Crippen LogP contribution in [0.1, 0.15) is 13.8 Å². The first kappa shape index (κ1) is 19.9. The van der Waals surface area contributed by atoms with E-state index < -0.39 is 10.0 Å². The second kappa shape index (κ2) is 8.41. The Morgan fingerprint density at radius 2 is 1.67 bits per heavy atom. The van der Waals surface area contributed by atoms with Crippen LogP contribution < -0.4 is 9.80 Å². The Labute approximate surface area is 165 Å². The summed E-state index contributed by atoms with van der Waals surface area (Å²) in [6.07, 6.45) is 0. The summed E-state index contributed by atoms with van der Waals surface area (Å²) in [5.74, 6) is 1.62. The standard InChI is InChI=1S/C18H24ClN5O2S/c1-3-22(4-2)17-9-10-18(21-20-17)23-11-13-24(14-12-23)27(25,26)16-8-6-5-7-15(16)19/h5-10H,3-4,11-14H2,1-2H3. The van der Waals surface area contributed by atoms with Crippen LogP contribution in [0.25, 0.3) is 0 Å². The van der Waals surface area contributed by atoms with Crippen molar-refractivity contribution in [3.8, 4) is 0 Å². The van der Waals surface area contributed by atoms with Crippen molar-refractivity contribution in [3.05, 3.63) is 41.4 Å². The highest BCUT2D eigenvalue weighted by atomic mass is 35.5. The Morgan fingerprint density at radius 3 is 2.22 bits per heavy atom. The van der Waals surface area contributed by atoms with Crippen LogP contribution in [-0.2, 0) is 10.0 Å². The normalized spacial score (nSPS) is 15.7. The molecule has 0 amide bonds. The molecule has 0 N–H and O–H groups in total. The monoisotopic (exact) mass is 409 g/mol. The van der Waals surface area contributed by atoms with Crippen LogP contribution in [-0.4, -0.2) is 62.2 Å². The summed E-state index contributed by atoms with van der Waals surface area (Å²) in [4.78, 5) is 4.34. The maximum Gasteiger partial charge on any atom is 0.244 e. The van der Waals surface area contributed by atoms with Crippen molar-refractivity contribution in [1.82, 2.24) is 14.5 Å². The zero-order chi connectivity index (χ0) is 19.4. The predicted molar refractivity (Wildman–Crippen MR) is 108 cm³/mol. The third-order valence-corrected chi connectivity index (χ3v) is 7.14. The van der Waals surface area contributed by atoms with Crippen LogP contribution in [0.2, 0.25) is 5.02 Å². The highest BCUT2D eigenvalue weighted by molar-refractivity contribution is 7.89. The fourth-order valence-corrected chi connectivity index (χ4v) is 5.07. The summed E-state index contributed by atoms with van der Waals surface area (Å²) in [6, 6.07) is 10.4. The van der Waals surface area contributed by atoms with E-state index in [9.17, 15) is 8.42 Å². The largest absolute Gasteiger partial charge is 0.356 e. The molecule has 7 nitrogen and oxygen atoms in total. The maximum atomic E-state index is 12.8. The molecule has 0 bridgehead atoms. The Hall–Kier alpha value is -1.90. The molecule has 1 saturated heterocycles. The van der Waals surface area contributed by atoms with Crippen molar-refractivity contribution in [2.75, 3.05) is 49.1 Å². The molecule has 0 spiro atoms. The quantitative estimate of drug-likeness (QED) is 0.730. The van der Waals surface area contributed by atoms with E-state index in [4.69, 9.17) is 11.6 Å². The zero-order valence-electron chi connectivity index (χ0n) is 15.5. The summed E-state index contributed by atoms with van der Waals surface area (Å²) in [5, 5.41) is 8.88. The fourth-order valence-electron chi connectivity index (χ4n) is 3.15. The Morgan fingerprint density at radius 1 is 1.00 bits per heavy atom. The van der Waals surface area contributed by atoms with Crippen LogP contribution in [0.15, 0.2) is 41.3 Å². The summed E-state index contributed by atoms with van der Waals surface area (Å²) >= 11 is 6.08. The lowest BCUT2D eigenvalue weighted by atomic mass is 10.3. The summed E-state index contributed by atoms with van der Waals surface area (Å²) in [5.41, 5.74) is 0. The van der Waals surface area contributed by atoms with Gasteiger partial charge < -0.3 is 9.80 Å². The van der Waals surface area contributed by atoms with Gasteiger partial charge in [0.1, 0.15) is 4.90 Å². The van der Waals surface area contributed by atoms with E-state index in [0.29, 0.717) is 26.2 Å². The number of hydrogen-bond acceptors (Lipinski definition) is 6. The van der Waals surface area contributed by atoms with Crippen molar-refractivity contribution < 1.29 is 8.42 Å². The topological polar surface area (TPSA) is 69.6 Å². The van der Waals surface area contributed by atoms with Gasteiger partial charge in [-0.2, -0.15) is 4.31 Å². The molecule has 0 aliphatic carbocycles. The molecule has 0 atom stereocenters. The van der Waals surface area contributed by atoms with E-state index >= 15 is 0 Å². The van der Waals surface area contributed by atoms with Gasteiger partial charge in [0.05, 0.1) is 5.02 Å². The molecule has 1 fully saturated rings. The smallest absolute Gasteiger partial charge is 0.244 e. The third kappa shape index (κ3) is 4.17. The van der Waals surface area contributed by atoms with Crippen LogP contribution in [0.4, 0.5) is 11.6 Å². The SMILES string of the molecule is CCN(CC)c1ccc(N2CCN(S(=O)(=O)c3ccccc3Cl)CC2)nn1. The van der Waals surface area contributed by atoms with Crippen molar-refractivity contribution in [1.29, 1.82) is 0 Å². The average molecular weight is 410 g/mol. The van der Waals surface area contributed by atoms with Crippen molar-refractivity contribution in [2.45, 2.75) is 18.7 Å². The number of piperazine rings is 1. The minimum absolute atomic E-state index is 0.156. The molecule has 2 aromatic rings. The van der Waals surface area contributed by atoms with Gasteiger partial charge in [-0.15, -0.1) is 10.2 Å². The van der Waals surface area contributed by atoms with Gasteiger partial charge in [-0.05, 0) is 38.1 Å². The minimum Gasteiger partial charge on any atom is -0.356 e. The molecule has 2 heterocycles. The molecule has 146 valence electrons. The number of hydrogen-bond donors (Lipinski definition) is 0. The molecule has 1 aliphatic rings. The van der Waals surface area contributed by atoms with Gasteiger partial charge in [0.2, 0.25) is 10.0 Å². The number of aromatic nitrogens is 2. The molecule has 0 radical (unpaired) electrons. The second-order valence-corrected chi connectivity index (χ2v) is 8.56. The van der Waals surface area contributed by atoms with Crippen LogP contribution >= 0.6 is 11.6 Å². The van der Waals surface area contributed by atoms with Crippen molar-refractivity contribution in [2.24, 2.45) is 0 Å². The molecule has 1 aliphatic heterocycles. The molecular formula is C18H24ClN5O2S. The highest BCUT2D eigenvalue weighted by Crippen LogP contribution is 2.26. The van der Waals surface area contributed by atoms with E-state index in [2.05, 4.69) is 33.8 Å². The van der Waals surface area contributed by atoms with Crippen LogP contribution in [0.3, 0.4) is 0 Å². The Bertz CT molecular complexity index is 864. The van der Waals surface area contributed by atoms with Gasteiger partial charge in [-0.3, -0.25) is 0 Å². The highest BCUT2D eigenvalue weighted by Gasteiger charge is 2.30. The lowest BCUT2D eigenvalue weighted by molar-refractivity contribution is 0.383. The lowest BCUT2D eigenvalue weighted by Crippen LogP contribution is -2.49. The van der Waals surface area contributed by atoms with Crippen LogP contribution in [0.5, 0.6) is 0 Å². The number of anilines is 2. The third-order valence-electron chi connectivity index (χ3n) is 4.74. The minimum atomic E-state index is -3.59. The number of benzene rings is 1. The number of rotatable bonds is 6. The van der Waals surface area contributed by atoms with E-state index in [0.717, 1.165) is 24.7 Å². The lowest BCUT2D eigenvalue weighted by Gasteiger charge is -2.34. The van der Waals surface area contributed by atoms with E-state index in [1.807, 2.05) is 12.1 Å². The molecular weight excluding hydrogens is 386 g/mol. The molecule has 3 rings (SSSR count). The van der Waals surface area contributed by atoms with Crippen molar-refractivity contribution >= 4 is 33.3 Å². The number of halogens is 1. The fraction of sp³-hybridized carbons (Fsp3) is 0.444. The van der Waals surface area contributed by atoms with Gasteiger partial charge in [-0.25, -0.2) is 8.42 Å². The first-order chi connectivity index (χ1) is 13.0. The van der Waals surface area contributed by atoms with E-state index in [-0.39, 0.29) is 9.92 Å². The first-order valence-corrected chi connectivity index (χ1v) is 10.9. The van der Waals surface area contributed by atoms with Gasteiger partial charge in [-0.1, -0.05) is 23.7 Å². The Balaban J connectivity index is 1.68.